The van der Waals surface area contributed by atoms with Crippen LogP contribution < -0.4 is 0 Å². The molecule has 1 aliphatic carbocycles. The van der Waals surface area contributed by atoms with Crippen LogP contribution in [0.3, 0.4) is 0 Å². The SMILES string of the molecule is Cc1ccc(S(=O)(=O)[C@@H]2[C@@H](c3ccc(Br)cc3)C2(C#N)C#N)cc1. The van der Waals surface area contributed by atoms with Crippen LogP contribution in [0.25, 0.3) is 0 Å². The number of benzene rings is 2. The first-order chi connectivity index (χ1) is 11.4. The largest absolute Gasteiger partial charge is 0.223 e. The van der Waals surface area contributed by atoms with Crippen LogP contribution in [0.1, 0.15) is 17.0 Å². The van der Waals surface area contributed by atoms with E-state index in [1.807, 2.05) is 19.1 Å². The summed E-state index contributed by atoms with van der Waals surface area (Å²) in [6.45, 7) is 1.87. The van der Waals surface area contributed by atoms with E-state index in [0.29, 0.717) is 5.56 Å². The minimum Gasteiger partial charge on any atom is -0.223 e. The van der Waals surface area contributed by atoms with Crippen LogP contribution in [0.15, 0.2) is 57.9 Å². The minimum atomic E-state index is -3.78. The van der Waals surface area contributed by atoms with Crippen molar-refractivity contribution < 1.29 is 8.42 Å². The maximum Gasteiger partial charge on any atom is 0.184 e. The maximum absolute atomic E-state index is 13.0. The summed E-state index contributed by atoms with van der Waals surface area (Å²) in [5.74, 6) is -0.646. The second-order valence-corrected chi connectivity index (χ2v) is 8.89. The summed E-state index contributed by atoms with van der Waals surface area (Å²) in [7, 11) is -3.78. The van der Waals surface area contributed by atoms with Gasteiger partial charge >= 0.3 is 0 Å². The van der Waals surface area contributed by atoms with E-state index < -0.39 is 26.4 Å². The Kier molecular flexibility index (Phi) is 3.99. The summed E-state index contributed by atoms with van der Waals surface area (Å²) >= 11 is 3.33. The summed E-state index contributed by atoms with van der Waals surface area (Å²) in [4.78, 5) is 0.146. The topological polar surface area (TPSA) is 81.7 Å². The smallest absolute Gasteiger partial charge is 0.184 e. The molecule has 0 saturated heterocycles. The first-order valence-electron chi connectivity index (χ1n) is 7.25. The van der Waals surface area contributed by atoms with Crippen LogP contribution in [0.4, 0.5) is 0 Å². The van der Waals surface area contributed by atoms with Gasteiger partial charge in [-0.1, -0.05) is 45.8 Å². The van der Waals surface area contributed by atoms with Crippen molar-refractivity contribution in [1.82, 2.24) is 0 Å². The van der Waals surface area contributed by atoms with Gasteiger partial charge in [-0.25, -0.2) is 8.42 Å². The molecule has 3 rings (SSSR count). The summed E-state index contributed by atoms with van der Waals surface area (Å²) in [6, 6.07) is 17.5. The maximum atomic E-state index is 13.0. The lowest BCUT2D eigenvalue weighted by Crippen LogP contribution is -2.14. The molecule has 0 heterocycles. The van der Waals surface area contributed by atoms with Crippen molar-refractivity contribution in [3.63, 3.8) is 0 Å². The standard InChI is InChI=1S/C18H13BrN2O2S/c1-12-2-8-15(9-3-12)24(22,23)17-16(18(17,10-20)11-21)13-4-6-14(19)7-5-13/h2-9,16-17H,1H3/t16-,17-/m1/s1. The highest BCUT2D eigenvalue weighted by atomic mass is 79.9. The molecular weight excluding hydrogens is 388 g/mol. The van der Waals surface area contributed by atoms with Gasteiger partial charge in [-0.2, -0.15) is 10.5 Å². The molecule has 0 aromatic heterocycles. The fourth-order valence-electron chi connectivity index (χ4n) is 3.05. The van der Waals surface area contributed by atoms with Crippen molar-refractivity contribution >= 4 is 25.8 Å². The monoisotopic (exact) mass is 400 g/mol. The Labute approximate surface area is 149 Å². The highest BCUT2D eigenvalue weighted by Crippen LogP contribution is 2.63. The van der Waals surface area contributed by atoms with E-state index in [9.17, 15) is 18.9 Å². The van der Waals surface area contributed by atoms with E-state index in [2.05, 4.69) is 15.9 Å². The van der Waals surface area contributed by atoms with Crippen LogP contribution >= 0.6 is 15.9 Å². The molecule has 2 aromatic carbocycles. The predicted octanol–water partition coefficient (Wildman–Crippen LogP) is 3.73. The lowest BCUT2D eigenvalue weighted by atomic mass is 10.0. The lowest BCUT2D eigenvalue weighted by molar-refractivity contribution is 0.591. The van der Waals surface area contributed by atoms with Crippen molar-refractivity contribution in [3.05, 3.63) is 64.1 Å². The number of nitrogens with zero attached hydrogens (tertiary/aromatic N) is 2. The first-order valence-corrected chi connectivity index (χ1v) is 9.59. The van der Waals surface area contributed by atoms with E-state index in [0.717, 1.165) is 10.0 Å². The Bertz CT molecular complexity index is 954. The van der Waals surface area contributed by atoms with Gasteiger partial charge in [0.2, 0.25) is 0 Å². The van der Waals surface area contributed by atoms with Gasteiger partial charge in [0, 0.05) is 10.4 Å². The summed E-state index contributed by atoms with van der Waals surface area (Å²) in [6.07, 6.45) is 0. The highest BCUT2D eigenvalue weighted by Gasteiger charge is 2.73. The molecule has 2 aromatic rings. The third kappa shape index (κ3) is 2.43. The number of rotatable bonds is 3. The van der Waals surface area contributed by atoms with Crippen molar-refractivity contribution in [3.8, 4) is 12.1 Å². The molecule has 0 bridgehead atoms. The Morgan fingerprint density at radius 1 is 1.00 bits per heavy atom. The molecule has 0 amide bonds. The van der Waals surface area contributed by atoms with Gasteiger partial charge < -0.3 is 0 Å². The molecule has 2 atom stereocenters. The van der Waals surface area contributed by atoms with Crippen molar-refractivity contribution in [1.29, 1.82) is 10.5 Å². The summed E-state index contributed by atoms with van der Waals surface area (Å²) < 4.78 is 26.8. The van der Waals surface area contributed by atoms with Gasteiger partial charge in [0.05, 0.1) is 17.0 Å². The van der Waals surface area contributed by atoms with Gasteiger partial charge in [0.1, 0.15) is 5.25 Å². The van der Waals surface area contributed by atoms with Gasteiger partial charge in [0.15, 0.2) is 15.3 Å². The highest BCUT2D eigenvalue weighted by molar-refractivity contribution is 9.10. The van der Waals surface area contributed by atoms with E-state index >= 15 is 0 Å². The van der Waals surface area contributed by atoms with Gasteiger partial charge in [-0.3, -0.25) is 0 Å². The number of nitriles is 2. The molecule has 0 spiro atoms. The first kappa shape index (κ1) is 16.7. The Balaban J connectivity index is 2.09. The van der Waals surface area contributed by atoms with Crippen LogP contribution in [0, 0.1) is 35.0 Å². The molecule has 0 radical (unpaired) electrons. The Morgan fingerprint density at radius 3 is 2.04 bits per heavy atom. The molecule has 4 nitrogen and oxygen atoms in total. The quantitative estimate of drug-likeness (QED) is 0.785. The number of halogens is 1. The van der Waals surface area contributed by atoms with Gasteiger partial charge in [-0.05, 0) is 36.8 Å². The molecule has 24 heavy (non-hydrogen) atoms. The number of aryl methyl sites for hydroxylation is 1. The third-order valence-corrected chi connectivity index (χ3v) is 7.19. The van der Waals surface area contributed by atoms with Crippen LogP contribution in [0.5, 0.6) is 0 Å². The predicted molar refractivity (Wildman–Crippen MR) is 92.7 cm³/mol. The molecule has 1 aliphatic rings. The zero-order chi connectivity index (χ0) is 17.5. The average molecular weight is 401 g/mol. The third-order valence-electron chi connectivity index (χ3n) is 4.42. The average Bonchev–Trinajstić information content (AvgIpc) is 3.26. The molecular formula is C18H13BrN2O2S. The zero-order valence-corrected chi connectivity index (χ0v) is 15.2. The second kappa shape index (κ2) is 5.73. The van der Waals surface area contributed by atoms with Gasteiger partial charge in [-0.15, -0.1) is 0 Å². The van der Waals surface area contributed by atoms with E-state index in [4.69, 9.17) is 0 Å². The Morgan fingerprint density at radius 2 is 1.54 bits per heavy atom. The number of hydrogen-bond acceptors (Lipinski definition) is 4. The fourth-order valence-corrected chi connectivity index (χ4v) is 5.52. The lowest BCUT2D eigenvalue weighted by Gasteiger charge is -2.04. The normalized spacial score (nSPS) is 21.5. The molecule has 0 aliphatic heterocycles. The van der Waals surface area contributed by atoms with E-state index in [-0.39, 0.29) is 4.90 Å². The molecule has 6 heteroatoms. The van der Waals surface area contributed by atoms with Crippen molar-refractivity contribution in [2.45, 2.75) is 23.0 Å². The zero-order valence-electron chi connectivity index (χ0n) is 12.8. The van der Waals surface area contributed by atoms with E-state index in [1.54, 1.807) is 36.4 Å². The van der Waals surface area contributed by atoms with Crippen LogP contribution in [-0.4, -0.2) is 13.7 Å². The summed E-state index contributed by atoms with van der Waals surface area (Å²) in [5.41, 5.74) is 0.0837. The molecule has 120 valence electrons. The summed E-state index contributed by atoms with van der Waals surface area (Å²) in [5, 5.41) is 18.0. The van der Waals surface area contributed by atoms with Crippen molar-refractivity contribution in [2.24, 2.45) is 5.41 Å². The molecule has 1 saturated carbocycles. The van der Waals surface area contributed by atoms with Gasteiger partial charge in [0.25, 0.3) is 0 Å². The second-order valence-electron chi connectivity index (χ2n) is 5.90. The molecule has 0 unspecified atom stereocenters. The fraction of sp³-hybridized carbons (Fsp3) is 0.222. The van der Waals surface area contributed by atoms with Crippen LogP contribution in [0.2, 0.25) is 0 Å². The van der Waals surface area contributed by atoms with Crippen LogP contribution in [-0.2, 0) is 9.84 Å². The minimum absolute atomic E-state index is 0.146. The number of sulfone groups is 1. The van der Waals surface area contributed by atoms with E-state index in [1.165, 1.54) is 12.1 Å². The molecule has 0 N–H and O–H groups in total. The molecule has 1 fully saturated rings. The van der Waals surface area contributed by atoms with Crippen molar-refractivity contribution in [2.75, 3.05) is 0 Å². The number of hydrogen-bond donors (Lipinski definition) is 0. The Hall–Kier alpha value is -2.15.